The zero-order chi connectivity index (χ0) is 12.1. The van der Waals surface area contributed by atoms with Crippen LogP contribution in [0, 0.1) is 5.82 Å². The summed E-state index contributed by atoms with van der Waals surface area (Å²) in [6.45, 7) is 0.124. The van der Waals surface area contributed by atoms with Crippen molar-refractivity contribution in [1.82, 2.24) is 9.97 Å². The third-order valence-electron chi connectivity index (χ3n) is 2.13. The summed E-state index contributed by atoms with van der Waals surface area (Å²) in [5.74, 6) is 0.173. The SMILES string of the molecule is OCc1ccc(OCc2cncc(F)c2)cn1. The van der Waals surface area contributed by atoms with E-state index in [0.29, 0.717) is 17.0 Å². The Hall–Kier alpha value is -2.01. The zero-order valence-electron chi connectivity index (χ0n) is 9.01. The minimum Gasteiger partial charge on any atom is -0.487 e. The summed E-state index contributed by atoms with van der Waals surface area (Å²) in [5.41, 5.74) is 1.22. The number of nitrogens with zero attached hydrogens (tertiary/aromatic N) is 2. The highest BCUT2D eigenvalue weighted by Gasteiger charge is 1.99. The Morgan fingerprint density at radius 1 is 1.24 bits per heavy atom. The highest BCUT2D eigenvalue weighted by molar-refractivity contribution is 5.20. The first kappa shape index (κ1) is 11.5. The second-order valence-corrected chi connectivity index (χ2v) is 3.44. The molecule has 0 radical (unpaired) electrons. The predicted octanol–water partition coefficient (Wildman–Crippen LogP) is 1.69. The Balaban J connectivity index is 1.97. The maximum atomic E-state index is 12.8. The van der Waals surface area contributed by atoms with Gasteiger partial charge in [-0.05, 0) is 18.2 Å². The molecule has 0 bridgehead atoms. The minimum atomic E-state index is -0.389. The van der Waals surface area contributed by atoms with Crippen molar-refractivity contribution in [2.75, 3.05) is 0 Å². The van der Waals surface area contributed by atoms with Crippen LogP contribution in [-0.2, 0) is 13.2 Å². The summed E-state index contributed by atoms with van der Waals surface area (Å²) in [6, 6.07) is 4.73. The summed E-state index contributed by atoms with van der Waals surface area (Å²) >= 11 is 0. The molecule has 0 unspecified atom stereocenters. The number of ether oxygens (including phenoxy) is 1. The molecule has 0 atom stereocenters. The first-order valence-electron chi connectivity index (χ1n) is 5.06. The molecule has 0 aromatic carbocycles. The van der Waals surface area contributed by atoms with Crippen molar-refractivity contribution in [2.45, 2.75) is 13.2 Å². The number of aromatic nitrogens is 2. The van der Waals surface area contributed by atoms with Crippen LogP contribution in [0.3, 0.4) is 0 Å². The quantitative estimate of drug-likeness (QED) is 0.874. The molecule has 4 nitrogen and oxygen atoms in total. The third kappa shape index (κ3) is 3.22. The Kier molecular flexibility index (Phi) is 3.62. The minimum absolute atomic E-state index is 0.103. The van der Waals surface area contributed by atoms with E-state index in [1.54, 1.807) is 18.3 Å². The van der Waals surface area contributed by atoms with Crippen molar-refractivity contribution in [3.05, 3.63) is 53.9 Å². The summed E-state index contributed by atoms with van der Waals surface area (Å²) < 4.78 is 18.2. The van der Waals surface area contributed by atoms with Crippen LogP contribution in [-0.4, -0.2) is 15.1 Å². The highest BCUT2D eigenvalue weighted by atomic mass is 19.1. The van der Waals surface area contributed by atoms with E-state index in [1.165, 1.54) is 12.3 Å². The molecule has 0 spiro atoms. The predicted molar refractivity (Wildman–Crippen MR) is 58.7 cm³/mol. The molecular formula is C12H11FN2O2. The van der Waals surface area contributed by atoms with Crippen molar-refractivity contribution in [3.8, 4) is 5.75 Å². The van der Waals surface area contributed by atoms with Crippen LogP contribution >= 0.6 is 0 Å². The van der Waals surface area contributed by atoms with Gasteiger partial charge < -0.3 is 9.84 Å². The molecule has 0 aliphatic heterocycles. The first-order chi connectivity index (χ1) is 8.28. The molecule has 88 valence electrons. The summed E-state index contributed by atoms with van der Waals surface area (Å²) in [7, 11) is 0. The van der Waals surface area contributed by atoms with Crippen LogP contribution in [0.1, 0.15) is 11.3 Å². The van der Waals surface area contributed by atoms with Gasteiger partial charge in [0.1, 0.15) is 18.2 Å². The number of pyridine rings is 2. The Labute approximate surface area is 97.7 Å². The van der Waals surface area contributed by atoms with Crippen LogP contribution in [0.15, 0.2) is 36.8 Å². The van der Waals surface area contributed by atoms with Crippen LogP contribution in [0.25, 0.3) is 0 Å². The van der Waals surface area contributed by atoms with Gasteiger partial charge in [0.25, 0.3) is 0 Å². The lowest BCUT2D eigenvalue weighted by atomic mass is 10.3. The fraction of sp³-hybridized carbons (Fsp3) is 0.167. The number of aliphatic hydroxyl groups excluding tert-OH is 1. The molecule has 17 heavy (non-hydrogen) atoms. The number of rotatable bonds is 4. The van der Waals surface area contributed by atoms with Crippen molar-refractivity contribution in [1.29, 1.82) is 0 Å². The molecular weight excluding hydrogens is 223 g/mol. The van der Waals surface area contributed by atoms with Crippen molar-refractivity contribution in [2.24, 2.45) is 0 Å². The standard InChI is InChI=1S/C12H11FN2O2/c13-10-3-9(4-14-5-10)8-17-12-2-1-11(7-16)15-6-12/h1-6,16H,7-8H2. The van der Waals surface area contributed by atoms with Crippen LogP contribution in [0.4, 0.5) is 4.39 Å². The van der Waals surface area contributed by atoms with Crippen LogP contribution < -0.4 is 4.74 Å². The van der Waals surface area contributed by atoms with E-state index in [0.717, 1.165) is 6.20 Å². The van der Waals surface area contributed by atoms with Crippen LogP contribution in [0.2, 0.25) is 0 Å². The third-order valence-corrected chi connectivity index (χ3v) is 2.13. The van der Waals surface area contributed by atoms with Crippen molar-refractivity contribution in [3.63, 3.8) is 0 Å². The smallest absolute Gasteiger partial charge is 0.141 e. The Morgan fingerprint density at radius 3 is 2.76 bits per heavy atom. The van der Waals surface area contributed by atoms with Gasteiger partial charge in [0.15, 0.2) is 0 Å². The van der Waals surface area contributed by atoms with Gasteiger partial charge in [-0.1, -0.05) is 0 Å². The largest absolute Gasteiger partial charge is 0.487 e. The monoisotopic (exact) mass is 234 g/mol. The fourth-order valence-corrected chi connectivity index (χ4v) is 1.29. The zero-order valence-corrected chi connectivity index (χ0v) is 9.01. The van der Waals surface area contributed by atoms with Gasteiger partial charge in [0, 0.05) is 11.8 Å². The molecule has 2 aromatic rings. The van der Waals surface area contributed by atoms with Gasteiger partial charge in [0.05, 0.1) is 24.7 Å². The average Bonchev–Trinajstić information content (AvgIpc) is 2.37. The molecule has 0 fully saturated rings. The molecule has 0 saturated carbocycles. The van der Waals surface area contributed by atoms with E-state index in [4.69, 9.17) is 9.84 Å². The van der Waals surface area contributed by atoms with Gasteiger partial charge in [-0.15, -0.1) is 0 Å². The molecule has 2 aromatic heterocycles. The molecule has 2 heterocycles. The normalized spacial score (nSPS) is 10.2. The first-order valence-corrected chi connectivity index (χ1v) is 5.06. The van der Waals surface area contributed by atoms with Crippen LogP contribution in [0.5, 0.6) is 5.75 Å². The van der Waals surface area contributed by atoms with Gasteiger partial charge in [0.2, 0.25) is 0 Å². The Morgan fingerprint density at radius 2 is 2.12 bits per heavy atom. The molecule has 0 aliphatic rings. The molecule has 1 N–H and O–H groups in total. The molecule has 0 aliphatic carbocycles. The second kappa shape index (κ2) is 5.36. The van der Waals surface area contributed by atoms with Crippen molar-refractivity contribution >= 4 is 0 Å². The maximum Gasteiger partial charge on any atom is 0.141 e. The summed E-state index contributed by atoms with van der Waals surface area (Å²) in [5, 5.41) is 8.81. The molecule has 0 saturated heterocycles. The summed E-state index contributed by atoms with van der Waals surface area (Å²) in [6.07, 6.45) is 4.19. The van der Waals surface area contributed by atoms with Crippen molar-refractivity contribution < 1.29 is 14.2 Å². The van der Waals surface area contributed by atoms with E-state index in [2.05, 4.69) is 9.97 Å². The number of aliphatic hydroxyl groups is 1. The second-order valence-electron chi connectivity index (χ2n) is 3.44. The number of halogens is 1. The van der Waals surface area contributed by atoms with Gasteiger partial charge >= 0.3 is 0 Å². The van der Waals surface area contributed by atoms with E-state index in [-0.39, 0.29) is 19.0 Å². The topological polar surface area (TPSA) is 55.2 Å². The van der Waals surface area contributed by atoms with E-state index in [1.807, 2.05) is 0 Å². The number of hydrogen-bond acceptors (Lipinski definition) is 4. The van der Waals surface area contributed by atoms with E-state index < -0.39 is 0 Å². The Bertz CT molecular complexity index is 488. The fourth-order valence-electron chi connectivity index (χ4n) is 1.29. The average molecular weight is 234 g/mol. The lowest BCUT2D eigenvalue weighted by molar-refractivity contribution is 0.275. The molecule has 2 rings (SSSR count). The van der Waals surface area contributed by atoms with E-state index >= 15 is 0 Å². The molecule has 0 amide bonds. The molecule has 5 heteroatoms. The maximum absolute atomic E-state index is 12.8. The number of hydrogen-bond donors (Lipinski definition) is 1. The van der Waals surface area contributed by atoms with Gasteiger partial charge in [-0.25, -0.2) is 4.39 Å². The summed E-state index contributed by atoms with van der Waals surface area (Å²) in [4.78, 5) is 7.68. The lowest BCUT2D eigenvalue weighted by Crippen LogP contribution is -1.98. The van der Waals surface area contributed by atoms with Gasteiger partial charge in [-0.3, -0.25) is 9.97 Å². The highest BCUT2D eigenvalue weighted by Crippen LogP contribution is 2.12. The van der Waals surface area contributed by atoms with Gasteiger partial charge in [-0.2, -0.15) is 0 Å². The lowest BCUT2D eigenvalue weighted by Gasteiger charge is -2.05. The van der Waals surface area contributed by atoms with E-state index in [9.17, 15) is 4.39 Å².